The van der Waals surface area contributed by atoms with Gasteiger partial charge < -0.3 is 5.32 Å². The summed E-state index contributed by atoms with van der Waals surface area (Å²) in [7, 11) is -3.55. The van der Waals surface area contributed by atoms with Gasteiger partial charge in [-0.2, -0.15) is 0 Å². The highest BCUT2D eigenvalue weighted by atomic mass is 32.2. The van der Waals surface area contributed by atoms with Gasteiger partial charge in [0.2, 0.25) is 10.0 Å². The Kier molecular flexibility index (Phi) is 8.12. The standard InChI is InChI=1S/C16H26N2O3S/c1-3-5-7-12-18-22(20,21)15-10-8-9-14(13-15)16(19)17-11-6-4-2/h8-10,13,18H,3-7,11-12H2,1-2H3,(H,17,19). The molecular formula is C16H26N2O3S. The van der Waals surface area contributed by atoms with Crippen LogP contribution in [0.1, 0.15) is 56.3 Å². The lowest BCUT2D eigenvalue weighted by Gasteiger charge is -2.09. The van der Waals surface area contributed by atoms with Crippen LogP contribution < -0.4 is 10.0 Å². The van der Waals surface area contributed by atoms with E-state index in [2.05, 4.69) is 17.0 Å². The maximum Gasteiger partial charge on any atom is 0.251 e. The van der Waals surface area contributed by atoms with E-state index in [0.29, 0.717) is 18.7 Å². The van der Waals surface area contributed by atoms with E-state index in [1.165, 1.54) is 12.1 Å². The number of sulfonamides is 1. The van der Waals surface area contributed by atoms with Gasteiger partial charge in [0, 0.05) is 18.7 Å². The van der Waals surface area contributed by atoms with Crippen molar-refractivity contribution in [2.24, 2.45) is 0 Å². The molecule has 0 aromatic heterocycles. The van der Waals surface area contributed by atoms with Gasteiger partial charge in [0.25, 0.3) is 5.91 Å². The summed E-state index contributed by atoms with van der Waals surface area (Å²) in [6.45, 7) is 5.13. The summed E-state index contributed by atoms with van der Waals surface area (Å²) < 4.78 is 26.9. The number of carbonyl (C=O) groups excluding carboxylic acids is 1. The van der Waals surface area contributed by atoms with Crippen molar-refractivity contribution in [2.45, 2.75) is 50.8 Å². The average molecular weight is 326 g/mol. The molecule has 0 bridgehead atoms. The van der Waals surface area contributed by atoms with Crippen molar-refractivity contribution in [1.82, 2.24) is 10.0 Å². The summed E-state index contributed by atoms with van der Waals surface area (Å²) in [4.78, 5) is 12.1. The zero-order valence-electron chi connectivity index (χ0n) is 13.4. The topological polar surface area (TPSA) is 75.3 Å². The summed E-state index contributed by atoms with van der Waals surface area (Å²) in [6.07, 6.45) is 4.74. The zero-order chi connectivity index (χ0) is 16.4. The summed E-state index contributed by atoms with van der Waals surface area (Å²) >= 11 is 0. The molecule has 0 unspecified atom stereocenters. The molecule has 0 atom stereocenters. The molecule has 0 saturated heterocycles. The van der Waals surface area contributed by atoms with E-state index in [9.17, 15) is 13.2 Å². The second kappa shape index (κ2) is 9.58. The highest BCUT2D eigenvalue weighted by Gasteiger charge is 2.15. The Balaban J connectivity index is 2.71. The van der Waals surface area contributed by atoms with Crippen molar-refractivity contribution in [2.75, 3.05) is 13.1 Å². The molecule has 0 saturated carbocycles. The molecule has 0 heterocycles. The maximum atomic E-state index is 12.2. The first kappa shape index (κ1) is 18.6. The Hall–Kier alpha value is -1.40. The molecular weight excluding hydrogens is 300 g/mol. The number of unbranched alkanes of at least 4 members (excludes halogenated alkanes) is 3. The molecule has 0 fully saturated rings. The molecule has 124 valence electrons. The summed E-state index contributed by atoms with van der Waals surface area (Å²) in [5.74, 6) is -0.239. The lowest BCUT2D eigenvalue weighted by atomic mass is 10.2. The average Bonchev–Trinajstić information content (AvgIpc) is 2.52. The van der Waals surface area contributed by atoms with E-state index >= 15 is 0 Å². The van der Waals surface area contributed by atoms with Crippen LogP contribution in [-0.2, 0) is 10.0 Å². The van der Waals surface area contributed by atoms with Gasteiger partial charge in [-0.05, 0) is 31.0 Å². The molecule has 0 aliphatic carbocycles. The lowest BCUT2D eigenvalue weighted by Crippen LogP contribution is -2.26. The first-order valence-corrected chi connectivity index (χ1v) is 9.37. The molecule has 6 heteroatoms. The van der Waals surface area contributed by atoms with E-state index in [0.717, 1.165) is 32.1 Å². The van der Waals surface area contributed by atoms with Crippen molar-refractivity contribution in [3.63, 3.8) is 0 Å². The van der Waals surface area contributed by atoms with Crippen LogP contribution in [0.25, 0.3) is 0 Å². The van der Waals surface area contributed by atoms with E-state index in [1.54, 1.807) is 12.1 Å². The van der Waals surface area contributed by atoms with Gasteiger partial charge in [-0.3, -0.25) is 4.79 Å². The fourth-order valence-electron chi connectivity index (χ4n) is 1.95. The third-order valence-corrected chi connectivity index (χ3v) is 4.75. The van der Waals surface area contributed by atoms with E-state index in [-0.39, 0.29) is 10.8 Å². The van der Waals surface area contributed by atoms with E-state index < -0.39 is 10.0 Å². The summed E-state index contributed by atoms with van der Waals surface area (Å²) in [5.41, 5.74) is 0.368. The van der Waals surface area contributed by atoms with Crippen LogP contribution in [0.2, 0.25) is 0 Å². The van der Waals surface area contributed by atoms with Crippen LogP contribution in [0, 0.1) is 0 Å². The number of hydrogen-bond acceptors (Lipinski definition) is 3. The summed E-state index contributed by atoms with van der Waals surface area (Å²) in [5, 5.41) is 2.78. The molecule has 22 heavy (non-hydrogen) atoms. The highest BCUT2D eigenvalue weighted by molar-refractivity contribution is 7.89. The molecule has 0 aliphatic rings. The molecule has 1 aromatic rings. The molecule has 5 nitrogen and oxygen atoms in total. The van der Waals surface area contributed by atoms with Gasteiger partial charge >= 0.3 is 0 Å². The van der Waals surface area contributed by atoms with Crippen molar-refractivity contribution in [3.05, 3.63) is 29.8 Å². The van der Waals surface area contributed by atoms with Gasteiger partial charge in [-0.15, -0.1) is 0 Å². The molecule has 1 amide bonds. The number of hydrogen-bond donors (Lipinski definition) is 2. The number of carbonyl (C=O) groups is 1. The van der Waals surface area contributed by atoms with Gasteiger partial charge in [-0.25, -0.2) is 13.1 Å². The molecule has 0 radical (unpaired) electrons. The predicted octanol–water partition coefficient (Wildman–Crippen LogP) is 2.69. The smallest absolute Gasteiger partial charge is 0.251 e. The SMILES string of the molecule is CCCCCNS(=O)(=O)c1cccc(C(=O)NCCCC)c1. The second-order valence-corrected chi connectivity index (χ2v) is 7.01. The monoisotopic (exact) mass is 326 g/mol. The first-order chi connectivity index (χ1) is 10.5. The van der Waals surface area contributed by atoms with Crippen molar-refractivity contribution in [3.8, 4) is 0 Å². The Morgan fingerprint density at radius 3 is 2.45 bits per heavy atom. The minimum absolute atomic E-state index is 0.132. The molecule has 0 aliphatic heterocycles. The fraction of sp³-hybridized carbons (Fsp3) is 0.562. The number of amides is 1. The van der Waals surface area contributed by atoms with Crippen LogP contribution in [0.5, 0.6) is 0 Å². The lowest BCUT2D eigenvalue weighted by molar-refractivity contribution is 0.0953. The Morgan fingerprint density at radius 1 is 1.05 bits per heavy atom. The van der Waals surface area contributed by atoms with Crippen LogP contribution in [-0.4, -0.2) is 27.4 Å². The first-order valence-electron chi connectivity index (χ1n) is 7.89. The summed E-state index contributed by atoms with van der Waals surface area (Å²) in [6, 6.07) is 6.14. The maximum absolute atomic E-state index is 12.2. The second-order valence-electron chi connectivity index (χ2n) is 5.24. The van der Waals surface area contributed by atoms with E-state index in [4.69, 9.17) is 0 Å². The van der Waals surface area contributed by atoms with Crippen LogP contribution in [0.4, 0.5) is 0 Å². The predicted molar refractivity (Wildman–Crippen MR) is 88.4 cm³/mol. The van der Waals surface area contributed by atoms with Crippen molar-refractivity contribution < 1.29 is 13.2 Å². The minimum Gasteiger partial charge on any atom is -0.352 e. The fourth-order valence-corrected chi connectivity index (χ4v) is 3.07. The third kappa shape index (κ3) is 6.15. The third-order valence-electron chi connectivity index (χ3n) is 3.29. The molecule has 2 N–H and O–H groups in total. The molecule has 1 aromatic carbocycles. The van der Waals surface area contributed by atoms with Gasteiger partial charge in [-0.1, -0.05) is 39.2 Å². The quantitative estimate of drug-likeness (QED) is 0.649. The Labute approximate surface area is 133 Å². The van der Waals surface area contributed by atoms with Crippen LogP contribution in [0.15, 0.2) is 29.2 Å². The van der Waals surface area contributed by atoms with E-state index in [1.807, 2.05) is 6.92 Å². The van der Waals surface area contributed by atoms with Gasteiger partial charge in [0.15, 0.2) is 0 Å². The normalized spacial score (nSPS) is 11.4. The Morgan fingerprint density at radius 2 is 1.77 bits per heavy atom. The number of benzene rings is 1. The highest BCUT2D eigenvalue weighted by Crippen LogP contribution is 2.12. The molecule has 0 spiro atoms. The van der Waals surface area contributed by atoms with Gasteiger partial charge in [0.05, 0.1) is 4.90 Å². The number of rotatable bonds is 10. The zero-order valence-corrected chi connectivity index (χ0v) is 14.2. The van der Waals surface area contributed by atoms with Crippen molar-refractivity contribution in [1.29, 1.82) is 0 Å². The van der Waals surface area contributed by atoms with Crippen LogP contribution >= 0.6 is 0 Å². The largest absolute Gasteiger partial charge is 0.352 e. The minimum atomic E-state index is -3.55. The van der Waals surface area contributed by atoms with Crippen LogP contribution in [0.3, 0.4) is 0 Å². The Bertz CT molecular complexity index is 571. The number of nitrogens with one attached hydrogen (secondary N) is 2. The molecule has 1 rings (SSSR count). The van der Waals surface area contributed by atoms with Gasteiger partial charge in [0.1, 0.15) is 0 Å². The van der Waals surface area contributed by atoms with Crippen molar-refractivity contribution >= 4 is 15.9 Å².